The summed E-state index contributed by atoms with van der Waals surface area (Å²) in [5.41, 5.74) is 0. The zero-order valence-electron chi connectivity index (χ0n) is 9.34. The van der Waals surface area contributed by atoms with E-state index in [1.54, 1.807) is 0 Å². The van der Waals surface area contributed by atoms with Crippen molar-refractivity contribution in [1.29, 1.82) is 0 Å². The lowest BCUT2D eigenvalue weighted by Gasteiger charge is -2.33. The summed E-state index contributed by atoms with van der Waals surface area (Å²) in [5, 5.41) is 3.46. The van der Waals surface area contributed by atoms with E-state index in [0.717, 1.165) is 6.04 Å². The fraction of sp³-hybridized carbons (Fsp3) is 1.00. The van der Waals surface area contributed by atoms with Crippen molar-refractivity contribution in [2.24, 2.45) is 0 Å². The van der Waals surface area contributed by atoms with Crippen molar-refractivity contribution in [1.82, 2.24) is 10.2 Å². The molecule has 0 amide bonds. The van der Waals surface area contributed by atoms with Gasteiger partial charge in [0.2, 0.25) is 0 Å². The van der Waals surface area contributed by atoms with Crippen molar-refractivity contribution in [2.45, 2.75) is 50.6 Å². The van der Waals surface area contributed by atoms with Crippen LogP contribution in [0.15, 0.2) is 0 Å². The fourth-order valence-electron chi connectivity index (χ4n) is 2.42. The Hall–Kier alpha value is -0.0800. The summed E-state index contributed by atoms with van der Waals surface area (Å²) in [6.45, 7) is 0. The van der Waals surface area contributed by atoms with Gasteiger partial charge in [-0.15, -0.1) is 0 Å². The summed E-state index contributed by atoms with van der Waals surface area (Å²) < 4.78 is 0. The lowest BCUT2D eigenvalue weighted by Crippen LogP contribution is -2.46. The van der Waals surface area contributed by atoms with Crippen molar-refractivity contribution in [3.05, 3.63) is 0 Å². The number of hydrogen-bond donors (Lipinski definition) is 1. The molecule has 13 heavy (non-hydrogen) atoms. The van der Waals surface area contributed by atoms with E-state index < -0.39 is 0 Å². The fourth-order valence-corrected chi connectivity index (χ4v) is 2.42. The molecule has 78 valence electrons. The molecule has 2 atom stereocenters. The van der Waals surface area contributed by atoms with Crippen LogP contribution in [0.5, 0.6) is 0 Å². The zero-order valence-corrected chi connectivity index (χ0v) is 9.34. The monoisotopic (exact) mass is 184 g/mol. The van der Waals surface area contributed by atoms with E-state index in [0.29, 0.717) is 6.04 Å². The largest absolute Gasteiger partial charge is 0.315 e. The van der Waals surface area contributed by atoms with Crippen LogP contribution in [0.4, 0.5) is 0 Å². The number of likely N-dealkylation sites (N-methyl/N-ethyl adjacent to an activating group) is 2. The third-order valence-corrected chi connectivity index (χ3v) is 3.26. The molecule has 0 saturated heterocycles. The minimum Gasteiger partial charge on any atom is -0.315 e. The van der Waals surface area contributed by atoms with Crippen LogP contribution in [0.2, 0.25) is 0 Å². The van der Waals surface area contributed by atoms with Gasteiger partial charge in [0.15, 0.2) is 0 Å². The van der Waals surface area contributed by atoms with Crippen molar-refractivity contribution in [3.63, 3.8) is 0 Å². The highest BCUT2D eigenvalue weighted by Gasteiger charge is 2.22. The molecule has 1 rings (SSSR count). The number of rotatable bonds is 2. The van der Waals surface area contributed by atoms with Crippen LogP contribution >= 0.6 is 0 Å². The van der Waals surface area contributed by atoms with Crippen LogP contribution < -0.4 is 5.32 Å². The lowest BCUT2D eigenvalue weighted by molar-refractivity contribution is 0.198. The van der Waals surface area contributed by atoms with Crippen molar-refractivity contribution in [3.8, 4) is 0 Å². The second kappa shape index (κ2) is 5.61. The molecule has 0 spiro atoms. The number of nitrogens with zero attached hydrogens (tertiary/aromatic N) is 1. The first-order valence-electron chi connectivity index (χ1n) is 5.59. The predicted molar refractivity (Wildman–Crippen MR) is 58.0 cm³/mol. The van der Waals surface area contributed by atoms with Gasteiger partial charge < -0.3 is 10.2 Å². The third-order valence-electron chi connectivity index (χ3n) is 3.26. The molecule has 0 unspecified atom stereocenters. The summed E-state index contributed by atoms with van der Waals surface area (Å²) in [5.74, 6) is 0. The van der Waals surface area contributed by atoms with Gasteiger partial charge in [-0.3, -0.25) is 0 Å². The van der Waals surface area contributed by atoms with E-state index in [9.17, 15) is 0 Å². The maximum absolute atomic E-state index is 3.46. The van der Waals surface area contributed by atoms with Crippen LogP contribution in [0.25, 0.3) is 0 Å². The molecule has 2 heteroatoms. The highest BCUT2D eigenvalue weighted by Crippen LogP contribution is 2.20. The molecular formula is C11H24N2. The number of hydrogen-bond acceptors (Lipinski definition) is 2. The maximum Gasteiger partial charge on any atom is 0.0243 e. The summed E-state index contributed by atoms with van der Waals surface area (Å²) in [4.78, 5) is 2.38. The quantitative estimate of drug-likeness (QED) is 0.704. The van der Waals surface area contributed by atoms with Gasteiger partial charge in [0.05, 0.1) is 0 Å². The molecule has 0 radical (unpaired) electrons. The molecule has 1 fully saturated rings. The first kappa shape index (κ1) is 11.0. The van der Waals surface area contributed by atoms with Gasteiger partial charge in [-0.1, -0.05) is 25.7 Å². The Balaban J connectivity index is 2.50. The van der Waals surface area contributed by atoms with Crippen LogP contribution in [0.3, 0.4) is 0 Å². The third kappa shape index (κ3) is 3.28. The van der Waals surface area contributed by atoms with Crippen LogP contribution in [0, 0.1) is 0 Å². The lowest BCUT2D eigenvalue weighted by atomic mass is 9.92. The normalized spacial score (nSPS) is 31.4. The van der Waals surface area contributed by atoms with E-state index in [4.69, 9.17) is 0 Å². The van der Waals surface area contributed by atoms with E-state index in [1.807, 2.05) is 0 Å². The van der Waals surface area contributed by atoms with Crippen LogP contribution in [0.1, 0.15) is 38.5 Å². The number of nitrogens with one attached hydrogen (secondary N) is 1. The molecule has 1 saturated carbocycles. The first-order valence-corrected chi connectivity index (χ1v) is 5.59. The molecule has 0 aromatic rings. The molecule has 0 aromatic heterocycles. The van der Waals surface area contributed by atoms with Gasteiger partial charge >= 0.3 is 0 Å². The van der Waals surface area contributed by atoms with E-state index in [2.05, 4.69) is 31.4 Å². The molecule has 0 aliphatic heterocycles. The van der Waals surface area contributed by atoms with Crippen molar-refractivity contribution in [2.75, 3.05) is 21.1 Å². The Kier molecular flexibility index (Phi) is 4.74. The molecule has 0 aromatic carbocycles. The molecule has 2 nitrogen and oxygen atoms in total. The molecule has 0 heterocycles. The first-order chi connectivity index (χ1) is 6.25. The minimum absolute atomic E-state index is 0.704. The second-order valence-corrected chi connectivity index (χ2v) is 4.42. The Morgan fingerprint density at radius 1 is 1.00 bits per heavy atom. The maximum atomic E-state index is 3.46. The van der Waals surface area contributed by atoms with E-state index in [1.165, 1.54) is 38.5 Å². The Morgan fingerprint density at radius 2 is 1.62 bits per heavy atom. The predicted octanol–water partition coefficient (Wildman–Crippen LogP) is 1.86. The van der Waals surface area contributed by atoms with Crippen molar-refractivity contribution >= 4 is 0 Å². The average Bonchev–Trinajstić information content (AvgIpc) is 2.03. The Labute approximate surface area is 82.7 Å². The molecule has 1 aliphatic carbocycles. The molecular weight excluding hydrogens is 160 g/mol. The van der Waals surface area contributed by atoms with Crippen LogP contribution in [-0.2, 0) is 0 Å². The summed E-state index contributed by atoms with van der Waals surface area (Å²) >= 11 is 0. The SMILES string of the molecule is CN[C@@H]1CCCCCC[C@H]1N(C)C. The second-order valence-electron chi connectivity index (χ2n) is 4.42. The van der Waals surface area contributed by atoms with Crippen LogP contribution in [-0.4, -0.2) is 38.1 Å². The highest BCUT2D eigenvalue weighted by atomic mass is 15.1. The molecule has 1 aliphatic rings. The van der Waals surface area contributed by atoms with Gasteiger partial charge in [-0.25, -0.2) is 0 Å². The summed E-state index contributed by atoms with van der Waals surface area (Å²) in [6, 6.07) is 1.44. The van der Waals surface area contributed by atoms with Gasteiger partial charge in [0, 0.05) is 12.1 Å². The Bertz CT molecular complexity index is 134. The van der Waals surface area contributed by atoms with Gasteiger partial charge in [0.1, 0.15) is 0 Å². The average molecular weight is 184 g/mol. The zero-order chi connectivity index (χ0) is 9.68. The smallest absolute Gasteiger partial charge is 0.0243 e. The standard InChI is InChI=1S/C11H24N2/c1-12-10-8-6-4-5-7-9-11(10)13(2)3/h10-12H,4-9H2,1-3H3/t10-,11-/m1/s1. The highest BCUT2D eigenvalue weighted by molar-refractivity contribution is 4.82. The van der Waals surface area contributed by atoms with Gasteiger partial charge in [-0.05, 0) is 34.0 Å². The van der Waals surface area contributed by atoms with E-state index >= 15 is 0 Å². The molecule has 0 bridgehead atoms. The summed E-state index contributed by atoms with van der Waals surface area (Å²) in [7, 11) is 6.51. The topological polar surface area (TPSA) is 15.3 Å². The van der Waals surface area contributed by atoms with Gasteiger partial charge in [0.25, 0.3) is 0 Å². The van der Waals surface area contributed by atoms with E-state index in [-0.39, 0.29) is 0 Å². The molecule has 1 N–H and O–H groups in total. The van der Waals surface area contributed by atoms with Crippen molar-refractivity contribution < 1.29 is 0 Å². The van der Waals surface area contributed by atoms with Gasteiger partial charge in [-0.2, -0.15) is 0 Å². The summed E-state index contributed by atoms with van der Waals surface area (Å²) in [6.07, 6.45) is 8.37. The minimum atomic E-state index is 0.704. The Morgan fingerprint density at radius 3 is 2.15 bits per heavy atom.